The Bertz CT molecular complexity index is 804. The van der Waals surface area contributed by atoms with Crippen molar-refractivity contribution < 1.29 is 10.2 Å². The van der Waals surface area contributed by atoms with E-state index in [0.29, 0.717) is 16.5 Å². The monoisotopic (exact) mass is 253 g/mol. The van der Waals surface area contributed by atoms with Gasteiger partial charge in [-0.1, -0.05) is 18.2 Å². The lowest BCUT2D eigenvalue weighted by atomic mass is 10.1. The van der Waals surface area contributed by atoms with Crippen LogP contribution in [0, 0.1) is 0 Å². The summed E-state index contributed by atoms with van der Waals surface area (Å²) in [4.78, 5) is 12.4. The van der Waals surface area contributed by atoms with E-state index in [9.17, 15) is 15.0 Å². The predicted octanol–water partition coefficient (Wildman–Crippen LogP) is 2.40. The molecule has 0 spiro atoms. The molecule has 1 heterocycles. The molecule has 3 rings (SSSR count). The van der Waals surface area contributed by atoms with Gasteiger partial charge in [0, 0.05) is 11.1 Å². The lowest BCUT2D eigenvalue weighted by Crippen LogP contribution is -2.17. The van der Waals surface area contributed by atoms with Crippen molar-refractivity contribution in [2.75, 3.05) is 0 Å². The number of rotatable bonds is 1. The summed E-state index contributed by atoms with van der Waals surface area (Å²) in [5.41, 5.74) is 0.378. The molecule has 94 valence electrons. The third-order valence-corrected chi connectivity index (χ3v) is 3.03. The van der Waals surface area contributed by atoms with Crippen molar-refractivity contribution in [3.8, 4) is 17.2 Å². The number of hydrogen-bond donors (Lipinski definition) is 2. The van der Waals surface area contributed by atoms with Gasteiger partial charge in [0.2, 0.25) is 0 Å². The van der Waals surface area contributed by atoms with Crippen molar-refractivity contribution in [2.45, 2.75) is 0 Å². The molecule has 0 aliphatic carbocycles. The van der Waals surface area contributed by atoms with Crippen LogP contribution in [-0.2, 0) is 0 Å². The van der Waals surface area contributed by atoms with Gasteiger partial charge in [0.15, 0.2) is 0 Å². The fraction of sp³-hybridized carbons (Fsp3) is 0. The second-order valence-corrected chi connectivity index (χ2v) is 4.25. The first-order valence-electron chi connectivity index (χ1n) is 5.79. The quantitative estimate of drug-likeness (QED) is 0.700. The van der Waals surface area contributed by atoms with Crippen LogP contribution in [0.1, 0.15) is 0 Å². The topological polar surface area (TPSA) is 62.5 Å². The Labute approximate surface area is 108 Å². The Hall–Kier alpha value is -2.75. The molecule has 0 unspecified atom stereocenters. The van der Waals surface area contributed by atoms with Gasteiger partial charge in [-0.05, 0) is 30.3 Å². The van der Waals surface area contributed by atoms with Crippen LogP contribution in [0.15, 0.2) is 59.5 Å². The van der Waals surface area contributed by atoms with Crippen LogP contribution in [-0.4, -0.2) is 14.8 Å². The normalized spacial score (nSPS) is 10.7. The van der Waals surface area contributed by atoms with Crippen LogP contribution < -0.4 is 5.56 Å². The maximum absolute atomic E-state index is 12.4. The highest BCUT2D eigenvalue weighted by molar-refractivity contribution is 5.87. The number of aromatic hydroxyl groups is 2. The predicted molar refractivity (Wildman–Crippen MR) is 72.9 cm³/mol. The first-order valence-corrected chi connectivity index (χ1v) is 5.79. The molecular weight excluding hydrogens is 242 g/mol. The maximum Gasteiger partial charge on any atom is 0.263 e. The number of benzene rings is 2. The van der Waals surface area contributed by atoms with E-state index in [1.807, 2.05) is 0 Å². The molecule has 4 heteroatoms. The number of aromatic nitrogens is 1. The summed E-state index contributed by atoms with van der Waals surface area (Å²) in [7, 11) is 0. The van der Waals surface area contributed by atoms with Crippen LogP contribution in [0.3, 0.4) is 0 Å². The van der Waals surface area contributed by atoms with Crippen molar-refractivity contribution >= 4 is 10.8 Å². The zero-order valence-electron chi connectivity index (χ0n) is 9.95. The zero-order chi connectivity index (χ0) is 13.4. The van der Waals surface area contributed by atoms with E-state index in [-0.39, 0.29) is 17.1 Å². The molecule has 19 heavy (non-hydrogen) atoms. The fourth-order valence-electron chi connectivity index (χ4n) is 2.08. The van der Waals surface area contributed by atoms with Gasteiger partial charge in [0.05, 0.1) is 11.6 Å². The molecule has 0 amide bonds. The van der Waals surface area contributed by atoms with E-state index in [0.717, 1.165) is 0 Å². The van der Waals surface area contributed by atoms with Crippen LogP contribution in [0.5, 0.6) is 11.5 Å². The van der Waals surface area contributed by atoms with Gasteiger partial charge in [-0.2, -0.15) is 0 Å². The summed E-state index contributed by atoms with van der Waals surface area (Å²) < 4.78 is 1.36. The van der Waals surface area contributed by atoms with E-state index in [4.69, 9.17) is 0 Å². The van der Waals surface area contributed by atoms with E-state index in [1.165, 1.54) is 22.9 Å². The number of pyridine rings is 1. The van der Waals surface area contributed by atoms with E-state index < -0.39 is 0 Å². The molecule has 0 aliphatic heterocycles. The second-order valence-electron chi connectivity index (χ2n) is 4.25. The Morgan fingerprint density at radius 1 is 0.842 bits per heavy atom. The molecule has 0 radical (unpaired) electrons. The molecular formula is C15H11NO3. The summed E-state index contributed by atoms with van der Waals surface area (Å²) in [5.74, 6) is 0.171. The molecule has 0 aliphatic rings. The van der Waals surface area contributed by atoms with Crippen molar-refractivity contribution in [3.63, 3.8) is 0 Å². The molecule has 0 atom stereocenters. The minimum atomic E-state index is -0.209. The van der Waals surface area contributed by atoms with Gasteiger partial charge in [-0.3, -0.25) is 9.36 Å². The summed E-state index contributed by atoms with van der Waals surface area (Å²) >= 11 is 0. The van der Waals surface area contributed by atoms with Gasteiger partial charge in [0.25, 0.3) is 5.56 Å². The highest BCUT2D eigenvalue weighted by Crippen LogP contribution is 2.23. The molecule has 0 saturated heterocycles. The number of phenolic OH excluding ortho intramolecular Hbond substituents is 1. The Balaban J connectivity index is 2.34. The molecule has 1 aromatic heterocycles. The minimum absolute atomic E-state index is 0.0447. The summed E-state index contributed by atoms with van der Waals surface area (Å²) in [5, 5.41) is 20.2. The highest BCUT2D eigenvalue weighted by Gasteiger charge is 2.08. The molecule has 0 bridgehead atoms. The minimum Gasteiger partial charge on any atom is -0.508 e. The van der Waals surface area contributed by atoms with Gasteiger partial charge < -0.3 is 10.2 Å². The van der Waals surface area contributed by atoms with Crippen LogP contribution in [0.4, 0.5) is 0 Å². The summed E-state index contributed by atoms with van der Waals surface area (Å²) in [6, 6.07) is 13.1. The summed E-state index contributed by atoms with van der Waals surface area (Å²) in [6.45, 7) is 0. The average molecular weight is 253 g/mol. The van der Waals surface area contributed by atoms with E-state index in [1.54, 1.807) is 36.4 Å². The largest absolute Gasteiger partial charge is 0.508 e. The fourth-order valence-corrected chi connectivity index (χ4v) is 2.08. The van der Waals surface area contributed by atoms with Gasteiger partial charge >= 0.3 is 0 Å². The molecule has 4 nitrogen and oxygen atoms in total. The SMILES string of the molecule is O=c1c2ccccc2c(O)cn1-c1ccc(O)cc1. The molecule has 2 aromatic carbocycles. The highest BCUT2D eigenvalue weighted by atomic mass is 16.3. The summed E-state index contributed by atoms with van der Waals surface area (Å²) in [6.07, 6.45) is 1.39. The lowest BCUT2D eigenvalue weighted by molar-refractivity contribution is 0.475. The average Bonchev–Trinajstić information content (AvgIpc) is 2.44. The number of fused-ring (bicyclic) bond motifs is 1. The first kappa shape index (κ1) is 11.3. The Morgan fingerprint density at radius 3 is 2.16 bits per heavy atom. The van der Waals surface area contributed by atoms with Gasteiger partial charge in [-0.15, -0.1) is 0 Å². The van der Waals surface area contributed by atoms with Gasteiger partial charge in [0.1, 0.15) is 11.5 Å². The number of hydrogen-bond acceptors (Lipinski definition) is 3. The van der Waals surface area contributed by atoms with Crippen LogP contribution in [0.25, 0.3) is 16.5 Å². The lowest BCUT2D eigenvalue weighted by Gasteiger charge is -2.09. The number of nitrogens with zero attached hydrogens (tertiary/aromatic N) is 1. The van der Waals surface area contributed by atoms with Crippen molar-refractivity contribution in [1.29, 1.82) is 0 Å². The maximum atomic E-state index is 12.4. The van der Waals surface area contributed by atoms with E-state index >= 15 is 0 Å². The smallest absolute Gasteiger partial charge is 0.263 e. The zero-order valence-corrected chi connectivity index (χ0v) is 9.95. The van der Waals surface area contributed by atoms with Gasteiger partial charge in [-0.25, -0.2) is 0 Å². The first-order chi connectivity index (χ1) is 9.16. The Kier molecular flexibility index (Phi) is 2.49. The molecule has 3 aromatic rings. The second kappa shape index (κ2) is 4.17. The third kappa shape index (κ3) is 1.83. The van der Waals surface area contributed by atoms with Crippen LogP contribution >= 0.6 is 0 Å². The standard InChI is InChI=1S/C15H11NO3/c17-11-7-5-10(6-8-11)16-9-14(18)12-3-1-2-4-13(12)15(16)19/h1-9,17-18H. The van der Waals surface area contributed by atoms with Crippen molar-refractivity contribution in [3.05, 3.63) is 65.1 Å². The molecule has 0 fully saturated rings. The van der Waals surface area contributed by atoms with Crippen molar-refractivity contribution in [1.82, 2.24) is 4.57 Å². The third-order valence-electron chi connectivity index (χ3n) is 3.03. The van der Waals surface area contributed by atoms with E-state index in [2.05, 4.69) is 0 Å². The Morgan fingerprint density at radius 2 is 1.47 bits per heavy atom. The molecule has 0 saturated carbocycles. The molecule has 2 N–H and O–H groups in total. The van der Waals surface area contributed by atoms with Crippen molar-refractivity contribution in [2.24, 2.45) is 0 Å². The number of phenols is 1. The van der Waals surface area contributed by atoms with Crippen LogP contribution in [0.2, 0.25) is 0 Å².